The highest BCUT2D eigenvalue weighted by Gasteiger charge is 2.20. The van der Waals surface area contributed by atoms with Gasteiger partial charge in [0.2, 0.25) is 5.91 Å². The Morgan fingerprint density at radius 3 is 2.65 bits per heavy atom. The Balaban J connectivity index is 1.80. The summed E-state index contributed by atoms with van der Waals surface area (Å²) in [5, 5.41) is 12.9. The molecule has 4 rings (SSSR count). The molecule has 0 bridgehead atoms. The maximum atomic E-state index is 13.4. The van der Waals surface area contributed by atoms with Gasteiger partial charge in [0.25, 0.3) is 5.56 Å². The second-order valence-electron chi connectivity index (χ2n) is 7.67. The summed E-state index contributed by atoms with van der Waals surface area (Å²) in [6.45, 7) is 5.73. The number of fused-ring (bicyclic) bond motifs is 1. The smallest absolute Gasteiger partial charge is 0.293 e. The van der Waals surface area contributed by atoms with Crippen molar-refractivity contribution in [2.24, 2.45) is 0 Å². The first kappa shape index (κ1) is 20.8. The van der Waals surface area contributed by atoms with Gasteiger partial charge in [0.1, 0.15) is 12.1 Å². The highest BCUT2D eigenvalue weighted by atomic mass is 35.5. The zero-order valence-corrected chi connectivity index (χ0v) is 18.2. The number of para-hydroxylation sites is 1. The van der Waals surface area contributed by atoms with Crippen molar-refractivity contribution in [3.05, 3.63) is 81.4 Å². The fraction of sp³-hybridized carbons (Fsp3) is 0.217. The van der Waals surface area contributed by atoms with Gasteiger partial charge in [0.05, 0.1) is 17.6 Å². The van der Waals surface area contributed by atoms with E-state index in [1.165, 1.54) is 4.68 Å². The maximum absolute atomic E-state index is 13.4. The summed E-state index contributed by atoms with van der Waals surface area (Å²) >= 11 is 5.98. The lowest BCUT2D eigenvalue weighted by molar-refractivity contribution is -0.117. The third-order valence-electron chi connectivity index (χ3n) is 5.00. The van der Waals surface area contributed by atoms with Gasteiger partial charge in [0.15, 0.2) is 0 Å². The van der Waals surface area contributed by atoms with Gasteiger partial charge in [-0.05, 0) is 42.7 Å². The lowest BCUT2D eigenvalue weighted by atomic mass is 10.1. The number of anilines is 1. The topological polar surface area (TPSA) is 81.8 Å². The number of rotatable bonds is 5. The number of hydrogen-bond donors (Lipinski definition) is 1. The minimum atomic E-state index is -0.374. The molecule has 0 saturated carbocycles. The van der Waals surface area contributed by atoms with Crippen molar-refractivity contribution in [1.82, 2.24) is 19.6 Å². The summed E-state index contributed by atoms with van der Waals surface area (Å²) in [7, 11) is 0. The van der Waals surface area contributed by atoms with Gasteiger partial charge >= 0.3 is 0 Å². The minimum Gasteiger partial charge on any atom is -0.324 e. The van der Waals surface area contributed by atoms with Gasteiger partial charge in [0, 0.05) is 16.1 Å². The van der Waals surface area contributed by atoms with E-state index in [-0.39, 0.29) is 23.9 Å². The van der Waals surface area contributed by atoms with Crippen LogP contribution in [0.15, 0.2) is 59.5 Å². The van der Waals surface area contributed by atoms with Crippen molar-refractivity contribution in [3.8, 4) is 5.69 Å². The Bertz CT molecular complexity index is 1340. The number of halogens is 1. The van der Waals surface area contributed by atoms with Crippen LogP contribution in [0.2, 0.25) is 5.02 Å². The molecule has 0 fully saturated rings. The third kappa shape index (κ3) is 4.09. The molecule has 2 heterocycles. The molecule has 2 aromatic heterocycles. The first-order valence-corrected chi connectivity index (χ1v) is 10.3. The number of benzene rings is 2. The van der Waals surface area contributed by atoms with E-state index in [1.54, 1.807) is 35.1 Å². The molecule has 2 aromatic carbocycles. The van der Waals surface area contributed by atoms with Crippen molar-refractivity contribution in [2.45, 2.75) is 33.2 Å². The van der Waals surface area contributed by atoms with Gasteiger partial charge in [-0.15, -0.1) is 0 Å². The monoisotopic (exact) mass is 435 g/mol. The number of carbonyl (C=O) groups excluding carboxylic acids is 1. The molecule has 0 radical (unpaired) electrons. The molecule has 4 aromatic rings. The van der Waals surface area contributed by atoms with E-state index in [4.69, 9.17) is 11.6 Å². The molecule has 0 saturated heterocycles. The number of carbonyl (C=O) groups is 1. The van der Waals surface area contributed by atoms with E-state index in [2.05, 4.69) is 15.5 Å². The number of aryl methyl sites for hydroxylation is 1. The number of amides is 1. The number of nitrogens with one attached hydrogen (secondary N) is 1. The quantitative estimate of drug-likeness (QED) is 0.506. The molecule has 1 amide bonds. The normalized spacial score (nSPS) is 11.3. The number of nitrogens with zero attached hydrogens (tertiary/aromatic N) is 4. The standard InChI is InChI=1S/C23H22ClN5O2/c1-14(2)21-18-12-25-29(19-10-5-4-7-15(19)3)22(18)23(31)28(27-21)13-20(30)26-17-9-6-8-16(24)11-17/h4-12,14H,13H2,1-3H3,(H,26,30). The van der Waals surface area contributed by atoms with Gasteiger partial charge in [-0.2, -0.15) is 10.2 Å². The molecule has 0 spiro atoms. The Labute approximate surface area is 184 Å². The third-order valence-corrected chi connectivity index (χ3v) is 5.24. The maximum Gasteiger partial charge on any atom is 0.293 e. The number of aromatic nitrogens is 4. The van der Waals surface area contributed by atoms with Gasteiger partial charge < -0.3 is 5.32 Å². The highest BCUT2D eigenvalue weighted by Crippen LogP contribution is 2.24. The van der Waals surface area contributed by atoms with E-state index >= 15 is 0 Å². The van der Waals surface area contributed by atoms with Crippen LogP contribution in [0.25, 0.3) is 16.6 Å². The summed E-state index contributed by atoms with van der Waals surface area (Å²) in [5.41, 5.74) is 3.10. The summed E-state index contributed by atoms with van der Waals surface area (Å²) < 4.78 is 2.83. The Kier molecular flexibility index (Phi) is 5.61. The summed E-state index contributed by atoms with van der Waals surface area (Å²) in [4.78, 5) is 26.0. The first-order chi connectivity index (χ1) is 14.8. The van der Waals surface area contributed by atoms with Crippen LogP contribution in [0, 0.1) is 6.92 Å². The van der Waals surface area contributed by atoms with Crippen molar-refractivity contribution in [1.29, 1.82) is 0 Å². The highest BCUT2D eigenvalue weighted by molar-refractivity contribution is 6.30. The molecule has 31 heavy (non-hydrogen) atoms. The van der Waals surface area contributed by atoms with Crippen LogP contribution in [0.1, 0.15) is 31.0 Å². The van der Waals surface area contributed by atoms with Crippen molar-refractivity contribution >= 4 is 34.1 Å². The predicted octanol–water partition coefficient (Wildman–Crippen LogP) is 4.31. The second kappa shape index (κ2) is 8.35. The zero-order chi connectivity index (χ0) is 22.1. The number of hydrogen-bond acceptors (Lipinski definition) is 4. The Hall–Kier alpha value is -3.45. The fourth-order valence-electron chi connectivity index (χ4n) is 3.51. The van der Waals surface area contributed by atoms with Crippen LogP contribution in [0.3, 0.4) is 0 Å². The molecular weight excluding hydrogens is 414 g/mol. The lowest BCUT2D eigenvalue weighted by Gasteiger charge is -2.13. The minimum absolute atomic E-state index is 0.0415. The molecule has 0 aliphatic carbocycles. The van der Waals surface area contributed by atoms with Crippen molar-refractivity contribution in [3.63, 3.8) is 0 Å². The van der Waals surface area contributed by atoms with Crippen molar-refractivity contribution < 1.29 is 4.79 Å². The van der Waals surface area contributed by atoms with Crippen LogP contribution in [0.5, 0.6) is 0 Å². The molecule has 158 valence electrons. The van der Waals surface area contributed by atoms with Crippen LogP contribution in [0.4, 0.5) is 5.69 Å². The van der Waals surface area contributed by atoms with Crippen LogP contribution in [-0.4, -0.2) is 25.5 Å². The molecule has 0 atom stereocenters. The largest absolute Gasteiger partial charge is 0.324 e. The SMILES string of the molecule is Cc1ccccc1-n1ncc2c(C(C)C)nn(CC(=O)Nc3cccc(Cl)c3)c(=O)c21. The molecule has 7 nitrogen and oxygen atoms in total. The molecule has 0 unspecified atom stereocenters. The van der Waals surface area contributed by atoms with E-state index < -0.39 is 0 Å². The van der Waals surface area contributed by atoms with Crippen LogP contribution < -0.4 is 10.9 Å². The fourth-order valence-corrected chi connectivity index (χ4v) is 3.70. The van der Waals surface area contributed by atoms with E-state index in [0.29, 0.717) is 27.3 Å². The molecule has 1 N–H and O–H groups in total. The van der Waals surface area contributed by atoms with E-state index in [9.17, 15) is 9.59 Å². The van der Waals surface area contributed by atoms with E-state index in [0.717, 1.165) is 11.3 Å². The Morgan fingerprint density at radius 2 is 1.94 bits per heavy atom. The average Bonchev–Trinajstić information content (AvgIpc) is 3.15. The van der Waals surface area contributed by atoms with E-state index in [1.807, 2.05) is 45.0 Å². The van der Waals surface area contributed by atoms with Crippen LogP contribution in [-0.2, 0) is 11.3 Å². The lowest BCUT2D eigenvalue weighted by Crippen LogP contribution is -2.31. The van der Waals surface area contributed by atoms with Gasteiger partial charge in [-0.25, -0.2) is 9.36 Å². The summed E-state index contributed by atoms with van der Waals surface area (Å²) in [6, 6.07) is 14.5. The first-order valence-electron chi connectivity index (χ1n) is 9.95. The molecule has 0 aliphatic heterocycles. The van der Waals surface area contributed by atoms with Crippen molar-refractivity contribution in [2.75, 3.05) is 5.32 Å². The molecular formula is C23H22ClN5O2. The molecule has 0 aliphatic rings. The zero-order valence-electron chi connectivity index (χ0n) is 17.5. The Morgan fingerprint density at radius 1 is 1.16 bits per heavy atom. The van der Waals surface area contributed by atoms with Gasteiger partial charge in [-0.1, -0.05) is 49.7 Å². The van der Waals surface area contributed by atoms with Gasteiger partial charge in [-0.3, -0.25) is 9.59 Å². The predicted molar refractivity (Wildman–Crippen MR) is 122 cm³/mol. The van der Waals surface area contributed by atoms with Crippen LogP contribution >= 0.6 is 11.6 Å². The molecule has 8 heteroatoms. The second-order valence-corrected chi connectivity index (χ2v) is 8.10. The summed E-state index contributed by atoms with van der Waals surface area (Å²) in [6.07, 6.45) is 1.67. The average molecular weight is 436 g/mol. The summed E-state index contributed by atoms with van der Waals surface area (Å²) in [5.74, 6) is -0.326.